The number of carbonyl (C=O) groups excluding carboxylic acids is 1. The van der Waals surface area contributed by atoms with Crippen LogP contribution in [0.25, 0.3) is 10.9 Å². The highest BCUT2D eigenvalue weighted by Crippen LogP contribution is 2.46. The van der Waals surface area contributed by atoms with Gasteiger partial charge < -0.3 is 9.88 Å². The van der Waals surface area contributed by atoms with E-state index in [2.05, 4.69) is 19.9 Å². The van der Waals surface area contributed by atoms with E-state index in [9.17, 15) is 4.79 Å². The summed E-state index contributed by atoms with van der Waals surface area (Å²) in [4.78, 5) is 21.5. The van der Waals surface area contributed by atoms with Gasteiger partial charge in [0.1, 0.15) is 0 Å². The highest BCUT2D eigenvalue weighted by Gasteiger charge is 2.43. The molecule has 2 aromatic heterocycles. The Kier molecular flexibility index (Phi) is 3.79. The molecular weight excluding hydrogens is 312 g/mol. The van der Waals surface area contributed by atoms with Gasteiger partial charge in [0.2, 0.25) is 0 Å². The maximum absolute atomic E-state index is 12.8. The van der Waals surface area contributed by atoms with E-state index in [0.29, 0.717) is 12.1 Å². The van der Waals surface area contributed by atoms with Crippen LogP contribution in [0.4, 0.5) is 0 Å². The number of benzene rings is 1. The van der Waals surface area contributed by atoms with Crippen molar-refractivity contribution in [2.45, 2.75) is 33.2 Å². The normalized spacial score (nSPS) is 15.3. The van der Waals surface area contributed by atoms with Crippen LogP contribution in [-0.2, 0) is 6.54 Å². The molecule has 0 radical (unpaired) electrons. The number of fused-ring (bicyclic) bond motifs is 1. The van der Waals surface area contributed by atoms with Crippen molar-refractivity contribution in [3.63, 3.8) is 0 Å². The topological polar surface area (TPSA) is 59.8 Å². The quantitative estimate of drug-likeness (QED) is 0.779. The highest BCUT2D eigenvalue weighted by atomic mass is 16.1. The first kappa shape index (κ1) is 15.8. The summed E-state index contributed by atoms with van der Waals surface area (Å²) in [6, 6.07) is 7.93. The fourth-order valence-electron chi connectivity index (χ4n) is 3.36. The number of amides is 1. The SMILES string of the molecule is Cc1ccc2nc(C)cc(C(=O)NCC3(Cn4ccnc4)CC3)c2c1. The van der Waals surface area contributed by atoms with Crippen LogP contribution in [0.1, 0.15) is 34.5 Å². The van der Waals surface area contributed by atoms with Gasteiger partial charge in [0.15, 0.2) is 0 Å². The van der Waals surface area contributed by atoms with E-state index in [4.69, 9.17) is 0 Å². The molecule has 1 aliphatic carbocycles. The second-order valence-electron chi connectivity index (χ2n) is 7.25. The lowest BCUT2D eigenvalue weighted by Crippen LogP contribution is -2.32. The van der Waals surface area contributed by atoms with Crippen molar-refractivity contribution in [1.82, 2.24) is 19.9 Å². The minimum Gasteiger partial charge on any atom is -0.351 e. The number of imidazole rings is 1. The van der Waals surface area contributed by atoms with Gasteiger partial charge in [-0.1, -0.05) is 11.6 Å². The zero-order valence-electron chi connectivity index (χ0n) is 14.6. The number of pyridine rings is 1. The van der Waals surface area contributed by atoms with E-state index in [0.717, 1.165) is 41.5 Å². The van der Waals surface area contributed by atoms with Crippen LogP contribution < -0.4 is 5.32 Å². The van der Waals surface area contributed by atoms with E-state index >= 15 is 0 Å². The summed E-state index contributed by atoms with van der Waals surface area (Å²) >= 11 is 0. The maximum Gasteiger partial charge on any atom is 0.252 e. The minimum atomic E-state index is -0.0157. The Hall–Kier alpha value is -2.69. The lowest BCUT2D eigenvalue weighted by Gasteiger charge is -2.17. The van der Waals surface area contributed by atoms with Crippen LogP contribution in [0.2, 0.25) is 0 Å². The first-order valence-corrected chi connectivity index (χ1v) is 8.67. The first-order chi connectivity index (χ1) is 12.0. The largest absolute Gasteiger partial charge is 0.351 e. The van der Waals surface area contributed by atoms with E-state index in [1.807, 2.05) is 50.6 Å². The lowest BCUT2D eigenvalue weighted by molar-refractivity contribution is 0.0944. The van der Waals surface area contributed by atoms with E-state index < -0.39 is 0 Å². The molecule has 25 heavy (non-hydrogen) atoms. The van der Waals surface area contributed by atoms with Gasteiger partial charge in [0, 0.05) is 42.0 Å². The van der Waals surface area contributed by atoms with Crippen molar-refractivity contribution in [3.8, 4) is 0 Å². The number of nitrogens with one attached hydrogen (secondary N) is 1. The molecule has 0 bridgehead atoms. The maximum atomic E-state index is 12.8. The molecule has 1 aliphatic rings. The molecular formula is C20H22N4O. The van der Waals surface area contributed by atoms with Crippen LogP contribution in [0.3, 0.4) is 0 Å². The number of carbonyl (C=O) groups is 1. The Morgan fingerprint density at radius 1 is 1.28 bits per heavy atom. The number of aryl methyl sites for hydroxylation is 2. The molecule has 0 aliphatic heterocycles. The summed E-state index contributed by atoms with van der Waals surface area (Å²) in [6.45, 7) is 5.56. The van der Waals surface area contributed by atoms with E-state index in [1.54, 1.807) is 6.20 Å². The van der Waals surface area contributed by atoms with Crippen LogP contribution in [-0.4, -0.2) is 27.0 Å². The molecule has 0 saturated heterocycles. The molecule has 0 unspecified atom stereocenters. The van der Waals surface area contributed by atoms with Gasteiger partial charge >= 0.3 is 0 Å². The van der Waals surface area contributed by atoms with Crippen molar-refractivity contribution in [2.24, 2.45) is 5.41 Å². The summed E-state index contributed by atoms with van der Waals surface area (Å²) in [5.74, 6) is -0.0157. The van der Waals surface area contributed by atoms with Crippen molar-refractivity contribution in [2.75, 3.05) is 6.54 Å². The minimum absolute atomic E-state index is 0.0157. The van der Waals surface area contributed by atoms with Gasteiger partial charge in [-0.05, 0) is 44.9 Å². The van der Waals surface area contributed by atoms with Crippen molar-refractivity contribution < 1.29 is 4.79 Å². The third-order valence-electron chi connectivity index (χ3n) is 5.00. The fraction of sp³-hybridized carbons (Fsp3) is 0.350. The Balaban J connectivity index is 1.53. The number of aromatic nitrogens is 3. The molecule has 1 aromatic carbocycles. The second kappa shape index (κ2) is 5.99. The standard InChI is InChI=1S/C20H22N4O/c1-14-3-4-18-16(9-14)17(10-15(2)23-18)19(25)22-11-20(5-6-20)12-24-8-7-21-13-24/h3-4,7-10,13H,5-6,11-12H2,1-2H3,(H,22,25). The smallest absolute Gasteiger partial charge is 0.252 e. The summed E-state index contributed by atoms with van der Waals surface area (Å²) in [7, 11) is 0. The molecule has 128 valence electrons. The van der Waals surface area contributed by atoms with Crippen molar-refractivity contribution in [1.29, 1.82) is 0 Å². The van der Waals surface area contributed by atoms with Crippen LogP contribution in [0, 0.1) is 19.3 Å². The average molecular weight is 334 g/mol. The Morgan fingerprint density at radius 3 is 2.84 bits per heavy atom. The van der Waals surface area contributed by atoms with Crippen molar-refractivity contribution in [3.05, 3.63) is 59.8 Å². The van der Waals surface area contributed by atoms with Gasteiger partial charge in [-0.3, -0.25) is 9.78 Å². The molecule has 2 heterocycles. The number of hydrogen-bond donors (Lipinski definition) is 1. The van der Waals surface area contributed by atoms with Gasteiger partial charge in [0.05, 0.1) is 17.4 Å². The van der Waals surface area contributed by atoms with Crippen LogP contribution >= 0.6 is 0 Å². The molecule has 1 N–H and O–H groups in total. The van der Waals surface area contributed by atoms with E-state index in [1.165, 1.54) is 0 Å². The molecule has 1 saturated carbocycles. The predicted molar refractivity (Wildman–Crippen MR) is 97.4 cm³/mol. The van der Waals surface area contributed by atoms with Gasteiger partial charge in [-0.15, -0.1) is 0 Å². The Bertz CT molecular complexity index is 926. The Morgan fingerprint density at radius 2 is 2.12 bits per heavy atom. The number of rotatable bonds is 5. The number of hydrogen-bond acceptors (Lipinski definition) is 3. The molecule has 0 atom stereocenters. The van der Waals surface area contributed by atoms with Crippen molar-refractivity contribution >= 4 is 16.8 Å². The predicted octanol–water partition coefficient (Wildman–Crippen LogP) is 3.26. The molecule has 5 heteroatoms. The monoisotopic (exact) mass is 334 g/mol. The third kappa shape index (κ3) is 3.27. The molecule has 1 amide bonds. The second-order valence-corrected chi connectivity index (χ2v) is 7.25. The molecule has 0 spiro atoms. The van der Waals surface area contributed by atoms with E-state index in [-0.39, 0.29) is 11.3 Å². The van der Waals surface area contributed by atoms with Gasteiger partial charge in [-0.2, -0.15) is 0 Å². The first-order valence-electron chi connectivity index (χ1n) is 8.67. The molecule has 4 rings (SSSR count). The average Bonchev–Trinajstić information content (AvgIpc) is 3.16. The molecule has 1 fully saturated rings. The summed E-state index contributed by atoms with van der Waals surface area (Å²) in [5, 5.41) is 4.07. The Labute approximate surface area is 147 Å². The molecule has 5 nitrogen and oxygen atoms in total. The summed E-state index contributed by atoms with van der Waals surface area (Å²) in [5.41, 5.74) is 3.75. The van der Waals surface area contributed by atoms with Crippen LogP contribution in [0.5, 0.6) is 0 Å². The number of nitrogens with zero attached hydrogens (tertiary/aromatic N) is 3. The summed E-state index contributed by atoms with van der Waals surface area (Å²) < 4.78 is 2.09. The third-order valence-corrected chi connectivity index (χ3v) is 5.00. The van der Waals surface area contributed by atoms with Crippen LogP contribution in [0.15, 0.2) is 43.0 Å². The summed E-state index contributed by atoms with van der Waals surface area (Å²) in [6.07, 6.45) is 7.89. The van der Waals surface area contributed by atoms with Gasteiger partial charge in [0.25, 0.3) is 5.91 Å². The zero-order valence-corrected chi connectivity index (χ0v) is 14.6. The molecule has 3 aromatic rings. The van der Waals surface area contributed by atoms with Gasteiger partial charge in [-0.25, -0.2) is 4.98 Å². The zero-order chi connectivity index (χ0) is 17.4. The lowest BCUT2D eigenvalue weighted by atomic mass is 10.0. The highest BCUT2D eigenvalue weighted by molar-refractivity contribution is 6.06. The fourth-order valence-corrected chi connectivity index (χ4v) is 3.36.